The van der Waals surface area contributed by atoms with Crippen LogP contribution in [0.3, 0.4) is 0 Å². The molecule has 0 aliphatic rings. The van der Waals surface area contributed by atoms with Crippen LogP contribution in [0.15, 0.2) is 6.07 Å². The van der Waals surface area contributed by atoms with Gasteiger partial charge in [0.05, 0.1) is 13.5 Å². The first-order chi connectivity index (χ1) is 7.40. The molecule has 1 aromatic heterocycles. The molecule has 90 valence electrons. The molecular formula is C8H11F3N4O. The third-order valence-electron chi connectivity index (χ3n) is 1.64. The number of anilines is 2. The number of nitrogens with one attached hydrogen (secondary N) is 1. The molecule has 1 aromatic rings. The van der Waals surface area contributed by atoms with E-state index in [1.54, 1.807) is 0 Å². The highest BCUT2D eigenvalue weighted by molar-refractivity contribution is 5.42. The molecule has 1 heterocycles. The van der Waals surface area contributed by atoms with Crippen molar-refractivity contribution in [3.63, 3.8) is 0 Å². The smallest absolute Gasteiger partial charge is 0.390 e. The summed E-state index contributed by atoms with van der Waals surface area (Å²) in [6.07, 6.45) is -5.14. The number of aromatic nitrogens is 2. The van der Waals surface area contributed by atoms with E-state index in [9.17, 15) is 13.2 Å². The summed E-state index contributed by atoms with van der Waals surface area (Å²) in [6.45, 7) is -0.275. The molecule has 0 aliphatic heterocycles. The molecule has 0 saturated carbocycles. The van der Waals surface area contributed by atoms with Gasteiger partial charge in [-0.25, -0.2) is 0 Å². The largest absolute Gasteiger partial charge is 0.481 e. The van der Waals surface area contributed by atoms with E-state index in [2.05, 4.69) is 15.3 Å². The molecule has 0 aliphatic carbocycles. The molecule has 0 fully saturated rings. The first-order valence-corrected chi connectivity index (χ1v) is 4.40. The average Bonchev–Trinajstić information content (AvgIpc) is 2.14. The van der Waals surface area contributed by atoms with E-state index in [0.29, 0.717) is 0 Å². The highest BCUT2D eigenvalue weighted by atomic mass is 19.4. The van der Waals surface area contributed by atoms with Gasteiger partial charge in [-0.2, -0.15) is 23.1 Å². The van der Waals surface area contributed by atoms with Gasteiger partial charge in [0.25, 0.3) is 0 Å². The van der Waals surface area contributed by atoms with Crippen molar-refractivity contribution >= 4 is 11.8 Å². The zero-order valence-corrected chi connectivity index (χ0v) is 8.51. The van der Waals surface area contributed by atoms with Crippen molar-refractivity contribution in [2.75, 3.05) is 24.7 Å². The molecule has 16 heavy (non-hydrogen) atoms. The van der Waals surface area contributed by atoms with Crippen LogP contribution < -0.4 is 15.8 Å². The van der Waals surface area contributed by atoms with Gasteiger partial charge in [0, 0.05) is 12.6 Å². The lowest BCUT2D eigenvalue weighted by atomic mass is 10.4. The highest BCUT2D eigenvalue weighted by Crippen LogP contribution is 2.20. The van der Waals surface area contributed by atoms with Gasteiger partial charge in [0.1, 0.15) is 5.82 Å². The lowest BCUT2D eigenvalue weighted by Crippen LogP contribution is -2.15. The fourth-order valence-electron chi connectivity index (χ4n) is 0.970. The van der Waals surface area contributed by atoms with Gasteiger partial charge in [0.2, 0.25) is 11.8 Å². The van der Waals surface area contributed by atoms with E-state index < -0.39 is 12.6 Å². The second kappa shape index (κ2) is 4.86. The Labute approximate surface area is 89.8 Å². The standard InChI is InChI=1S/C8H11F3N4O/c1-16-6-4-5(14-7(12)15-6)13-3-2-8(9,10)11/h4H,2-3H2,1H3,(H3,12,13,14,15). The summed E-state index contributed by atoms with van der Waals surface area (Å²) in [4.78, 5) is 7.40. The first-order valence-electron chi connectivity index (χ1n) is 4.40. The van der Waals surface area contributed by atoms with Gasteiger partial charge < -0.3 is 15.8 Å². The van der Waals surface area contributed by atoms with E-state index in [0.717, 1.165) is 0 Å². The van der Waals surface area contributed by atoms with Crippen molar-refractivity contribution in [2.45, 2.75) is 12.6 Å². The third kappa shape index (κ3) is 4.20. The van der Waals surface area contributed by atoms with Crippen LogP contribution in [0.25, 0.3) is 0 Å². The fourth-order valence-corrected chi connectivity index (χ4v) is 0.970. The summed E-state index contributed by atoms with van der Waals surface area (Å²) in [5.74, 6) is 0.337. The monoisotopic (exact) mass is 236 g/mol. The Hall–Kier alpha value is -1.73. The van der Waals surface area contributed by atoms with Gasteiger partial charge in [0.15, 0.2) is 0 Å². The maximum atomic E-state index is 11.9. The number of rotatable bonds is 4. The van der Waals surface area contributed by atoms with Gasteiger partial charge >= 0.3 is 6.18 Å². The summed E-state index contributed by atoms with van der Waals surface area (Å²) in [5, 5.41) is 2.49. The van der Waals surface area contributed by atoms with Crippen LogP contribution in [0.4, 0.5) is 24.9 Å². The molecular weight excluding hydrogens is 225 g/mol. The maximum absolute atomic E-state index is 11.9. The molecule has 3 N–H and O–H groups in total. The second-order valence-electron chi connectivity index (χ2n) is 2.95. The SMILES string of the molecule is COc1cc(NCCC(F)(F)F)nc(N)n1. The summed E-state index contributed by atoms with van der Waals surface area (Å²) in [5.41, 5.74) is 5.33. The molecule has 8 heteroatoms. The molecule has 0 unspecified atom stereocenters. The van der Waals surface area contributed by atoms with Gasteiger partial charge in [-0.15, -0.1) is 0 Å². The Kier molecular flexibility index (Phi) is 3.75. The number of ether oxygens (including phenoxy) is 1. The normalized spacial score (nSPS) is 11.2. The van der Waals surface area contributed by atoms with Crippen LogP contribution in [-0.2, 0) is 0 Å². The zero-order chi connectivity index (χ0) is 12.2. The van der Waals surface area contributed by atoms with E-state index >= 15 is 0 Å². The van der Waals surface area contributed by atoms with Crippen LogP contribution in [0.5, 0.6) is 5.88 Å². The molecule has 0 radical (unpaired) electrons. The highest BCUT2D eigenvalue weighted by Gasteiger charge is 2.26. The predicted molar refractivity (Wildman–Crippen MR) is 52.2 cm³/mol. The van der Waals surface area contributed by atoms with Crippen LogP contribution >= 0.6 is 0 Å². The molecule has 0 atom stereocenters. The number of nitrogens with two attached hydrogens (primary N) is 1. The number of nitrogen functional groups attached to an aromatic ring is 1. The summed E-state index contributed by atoms with van der Waals surface area (Å²) in [7, 11) is 1.38. The van der Waals surface area contributed by atoms with Gasteiger partial charge in [-0.05, 0) is 0 Å². The van der Waals surface area contributed by atoms with Crippen molar-refractivity contribution < 1.29 is 17.9 Å². The van der Waals surface area contributed by atoms with Gasteiger partial charge in [-0.3, -0.25) is 0 Å². The van der Waals surface area contributed by atoms with Crippen LogP contribution in [0.2, 0.25) is 0 Å². The minimum Gasteiger partial charge on any atom is -0.481 e. The molecule has 5 nitrogen and oxygen atoms in total. The number of alkyl halides is 3. The van der Waals surface area contributed by atoms with Crippen molar-refractivity contribution in [1.29, 1.82) is 0 Å². The topological polar surface area (TPSA) is 73.1 Å². The Bertz CT molecular complexity index is 356. The van der Waals surface area contributed by atoms with E-state index in [1.807, 2.05) is 0 Å². The van der Waals surface area contributed by atoms with Crippen LogP contribution in [-0.4, -0.2) is 29.8 Å². The number of nitrogens with zero attached hydrogens (tertiary/aromatic N) is 2. The lowest BCUT2D eigenvalue weighted by molar-refractivity contribution is -0.131. The second-order valence-corrected chi connectivity index (χ2v) is 2.95. The molecule has 0 spiro atoms. The molecule has 0 amide bonds. The Morgan fingerprint density at radius 3 is 2.69 bits per heavy atom. The Morgan fingerprint density at radius 1 is 1.44 bits per heavy atom. The lowest BCUT2D eigenvalue weighted by Gasteiger charge is -2.09. The fraction of sp³-hybridized carbons (Fsp3) is 0.500. The molecule has 0 aromatic carbocycles. The number of hydrogen-bond donors (Lipinski definition) is 2. The van der Waals surface area contributed by atoms with Crippen LogP contribution in [0, 0.1) is 0 Å². The predicted octanol–water partition coefficient (Wildman–Crippen LogP) is 1.43. The molecule has 0 saturated heterocycles. The number of hydrogen-bond acceptors (Lipinski definition) is 5. The Morgan fingerprint density at radius 2 is 2.12 bits per heavy atom. The van der Waals surface area contributed by atoms with E-state index in [1.165, 1.54) is 13.2 Å². The molecule has 1 rings (SSSR count). The van der Waals surface area contributed by atoms with Crippen molar-refractivity contribution in [2.24, 2.45) is 0 Å². The minimum atomic E-state index is -4.20. The average molecular weight is 236 g/mol. The van der Waals surface area contributed by atoms with Crippen LogP contribution in [0.1, 0.15) is 6.42 Å². The minimum absolute atomic E-state index is 0.0612. The maximum Gasteiger partial charge on any atom is 0.390 e. The van der Waals surface area contributed by atoms with E-state index in [-0.39, 0.29) is 24.2 Å². The van der Waals surface area contributed by atoms with Crippen molar-refractivity contribution in [3.8, 4) is 5.88 Å². The van der Waals surface area contributed by atoms with Gasteiger partial charge in [-0.1, -0.05) is 0 Å². The summed E-state index contributed by atoms with van der Waals surface area (Å²) < 4.78 is 40.4. The summed E-state index contributed by atoms with van der Waals surface area (Å²) >= 11 is 0. The van der Waals surface area contributed by atoms with E-state index in [4.69, 9.17) is 10.5 Å². The Balaban J connectivity index is 2.57. The molecule has 0 bridgehead atoms. The summed E-state index contributed by atoms with van der Waals surface area (Å²) in [6, 6.07) is 1.37. The number of halogens is 3. The zero-order valence-electron chi connectivity index (χ0n) is 8.51. The van der Waals surface area contributed by atoms with Crippen molar-refractivity contribution in [1.82, 2.24) is 9.97 Å². The number of methoxy groups -OCH3 is 1. The quantitative estimate of drug-likeness (QED) is 0.827. The third-order valence-corrected chi connectivity index (χ3v) is 1.64. The first kappa shape index (κ1) is 12.3. The van der Waals surface area contributed by atoms with Crippen molar-refractivity contribution in [3.05, 3.63) is 6.07 Å².